The van der Waals surface area contributed by atoms with Crippen molar-refractivity contribution in [1.29, 1.82) is 0 Å². The Hall–Kier alpha value is -5.30. The molecule has 0 aliphatic carbocycles. The lowest BCUT2D eigenvalue weighted by Crippen LogP contribution is -2.30. The number of amides is 2. The summed E-state index contributed by atoms with van der Waals surface area (Å²) in [6, 6.07) is 16.9. The first-order valence-electron chi connectivity index (χ1n) is 12.1. The summed E-state index contributed by atoms with van der Waals surface area (Å²) in [5, 5.41) is 6.24. The minimum absolute atomic E-state index is 0.274. The second kappa shape index (κ2) is 11.4. The molecule has 2 aromatic carbocycles. The molecule has 2 amide bonds. The van der Waals surface area contributed by atoms with E-state index in [-0.39, 0.29) is 24.3 Å². The van der Waals surface area contributed by atoms with E-state index in [1.807, 2.05) is 24.3 Å². The highest BCUT2D eigenvalue weighted by Gasteiger charge is 2.34. The predicted octanol–water partition coefficient (Wildman–Crippen LogP) is 4.93. The average Bonchev–Trinajstić information content (AvgIpc) is 3.20. The number of pyridine rings is 1. The van der Waals surface area contributed by atoms with E-state index in [9.17, 15) is 14.0 Å². The van der Waals surface area contributed by atoms with Crippen LogP contribution in [0, 0.1) is 17.8 Å². The van der Waals surface area contributed by atoms with Gasteiger partial charge in [-0.2, -0.15) is 9.37 Å². The summed E-state index contributed by atoms with van der Waals surface area (Å²) in [6.07, 6.45) is 3.90. The molecule has 0 saturated heterocycles. The molecule has 0 atom stereocenters. The van der Waals surface area contributed by atoms with Crippen molar-refractivity contribution in [3.8, 4) is 17.6 Å². The van der Waals surface area contributed by atoms with Crippen molar-refractivity contribution < 1.29 is 18.7 Å². The Morgan fingerprint density at radius 3 is 2.28 bits per heavy atom. The zero-order valence-corrected chi connectivity index (χ0v) is 20.9. The molecule has 10 heteroatoms. The average molecular weight is 523 g/mol. The summed E-state index contributed by atoms with van der Waals surface area (Å²) in [7, 11) is 1.59. The molecule has 0 bridgehead atoms. The number of unbranched alkanes of at least 4 members (excludes halogenated alkanes) is 1. The molecule has 0 fully saturated rings. The van der Waals surface area contributed by atoms with Gasteiger partial charge < -0.3 is 15.4 Å². The number of aromatic nitrogens is 3. The maximum Gasteiger partial charge on any atom is 0.261 e. The van der Waals surface area contributed by atoms with E-state index in [0.29, 0.717) is 46.8 Å². The van der Waals surface area contributed by atoms with E-state index in [1.165, 1.54) is 23.2 Å². The third-order valence-corrected chi connectivity index (χ3v) is 5.91. The predicted molar refractivity (Wildman–Crippen MR) is 144 cm³/mol. The number of hydrogen-bond acceptors (Lipinski definition) is 8. The molecule has 4 aromatic rings. The van der Waals surface area contributed by atoms with Gasteiger partial charge in [0.2, 0.25) is 11.9 Å². The number of ether oxygens (including phenoxy) is 1. The Bertz CT molecular complexity index is 1540. The summed E-state index contributed by atoms with van der Waals surface area (Å²) >= 11 is 0. The number of carbonyl (C=O) groups excluding carboxylic acids is 2. The van der Waals surface area contributed by atoms with Gasteiger partial charge in [-0.15, -0.1) is 0 Å². The highest BCUT2D eigenvalue weighted by atomic mass is 19.1. The summed E-state index contributed by atoms with van der Waals surface area (Å²) in [4.78, 5) is 38.8. The first kappa shape index (κ1) is 25.4. The fourth-order valence-electron chi connectivity index (χ4n) is 3.94. The summed E-state index contributed by atoms with van der Waals surface area (Å²) in [5.41, 5.74) is 2.71. The van der Waals surface area contributed by atoms with E-state index in [2.05, 4.69) is 37.4 Å². The first-order chi connectivity index (χ1) is 19.0. The number of carbonyl (C=O) groups is 2. The number of imide groups is 1. The van der Waals surface area contributed by atoms with Crippen LogP contribution >= 0.6 is 0 Å². The van der Waals surface area contributed by atoms with Gasteiger partial charge in [0.25, 0.3) is 11.8 Å². The van der Waals surface area contributed by atoms with Crippen molar-refractivity contribution in [2.24, 2.45) is 0 Å². The summed E-state index contributed by atoms with van der Waals surface area (Å²) in [5.74, 6) is 6.47. The van der Waals surface area contributed by atoms with Gasteiger partial charge in [0.15, 0.2) is 5.82 Å². The minimum Gasteiger partial charge on any atom is -0.497 e. The number of halogens is 1. The number of fused-ring (bicyclic) bond motifs is 1. The number of benzene rings is 2. The molecule has 39 heavy (non-hydrogen) atoms. The largest absolute Gasteiger partial charge is 0.497 e. The molecule has 2 N–H and O–H groups in total. The van der Waals surface area contributed by atoms with Gasteiger partial charge in [0.05, 0.1) is 41.9 Å². The fourth-order valence-corrected chi connectivity index (χ4v) is 3.94. The van der Waals surface area contributed by atoms with Crippen LogP contribution in [0.15, 0.2) is 73.1 Å². The molecule has 2 aromatic heterocycles. The van der Waals surface area contributed by atoms with Crippen LogP contribution in [0.4, 0.5) is 27.5 Å². The molecule has 194 valence electrons. The number of methoxy groups -OCH3 is 1. The summed E-state index contributed by atoms with van der Waals surface area (Å²) < 4.78 is 18.4. The van der Waals surface area contributed by atoms with Crippen LogP contribution in [0.5, 0.6) is 5.75 Å². The van der Waals surface area contributed by atoms with Crippen molar-refractivity contribution in [3.05, 3.63) is 95.7 Å². The van der Waals surface area contributed by atoms with Gasteiger partial charge in [-0.3, -0.25) is 14.5 Å². The number of nitrogens with zero attached hydrogens (tertiary/aromatic N) is 4. The lowest BCUT2D eigenvalue weighted by molar-refractivity contribution is 0.0653. The van der Waals surface area contributed by atoms with Crippen LogP contribution in [0.25, 0.3) is 0 Å². The Balaban J connectivity index is 1.29. The van der Waals surface area contributed by atoms with Crippen molar-refractivity contribution in [2.75, 3.05) is 24.3 Å². The molecule has 0 saturated carbocycles. The second-order valence-corrected chi connectivity index (χ2v) is 8.52. The highest BCUT2D eigenvalue weighted by molar-refractivity contribution is 6.21. The third-order valence-electron chi connectivity index (χ3n) is 5.91. The molecule has 0 unspecified atom stereocenters. The zero-order chi connectivity index (χ0) is 27.2. The van der Waals surface area contributed by atoms with Crippen LogP contribution in [-0.2, 0) is 0 Å². The van der Waals surface area contributed by atoms with E-state index in [4.69, 9.17) is 4.74 Å². The van der Waals surface area contributed by atoms with Crippen LogP contribution in [0.3, 0.4) is 0 Å². The lowest BCUT2D eigenvalue weighted by atomic mass is 10.1. The summed E-state index contributed by atoms with van der Waals surface area (Å²) in [6.45, 7) is 0.281. The van der Waals surface area contributed by atoms with Gasteiger partial charge in [0.1, 0.15) is 5.75 Å². The van der Waals surface area contributed by atoms with E-state index < -0.39 is 5.95 Å². The number of anilines is 4. The van der Waals surface area contributed by atoms with Crippen LogP contribution < -0.4 is 15.4 Å². The molecule has 3 heterocycles. The monoisotopic (exact) mass is 522 g/mol. The Kier molecular flexibility index (Phi) is 7.41. The molecule has 0 spiro atoms. The topological polar surface area (TPSA) is 109 Å². The normalized spacial score (nSPS) is 12.0. The van der Waals surface area contributed by atoms with Gasteiger partial charge in [-0.1, -0.05) is 24.0 Å². The fraction of sp³-hybridized carbons (Fsp3) is 0.138. The van der Waals surface area contributed by atoms with E-state index >= 15 is 0 Å². The van der Waals surface area contributed by atoms with Crippen molar-refractivity contribution in [1.82, 2.24) is 19.9 Å². The van der Waals surface area contributed by atoms with E-state index in [0.717, 1.165) is 5.69 Å². The van der Waals surface area contributed by atoms with Crippen molar-refractivity contribution in [3.63, 3.8) is 0 Å². The number of hydrogen-bond donors (Lipinski definition) is 2. The minimum atomic E-state index is -0.586. The second-order valence-electron chi connectivity index (χ2n) is 8.52. The Labute approximate surface area is 224 Å². The number of nitrogens with one attached hydrogen (secondary N) is 2. The maximum atomic E-state index is 13.2. The lowest BCUT2D eigenvalue weighted by Gasteiger charge is -2.12. The maximum absolute atomic E-state index is 13.2. The first-order valence-corrected chi connectivity index (χ1v) is 12.1. The SMILES string of the molecule is COc1ccc(Nc2nc(Nc3ccc(F)nc3)ncc2C#CCCCN2C(=O)c3ccccc3C2=O)cc1. The van der Waals surface area contributed by atoms with Gasteiger partial charge in [-0.05, 0) is 55.0 Å². The Morgan fingerprint density at radius 2 is 1.62 bits per heavy atom. The van der Waals surface area contributed by atoms with Crippen LogP contribution in [-0.4, -0.2) is 45.3 Å². The molecule has 0 radical (unpaired) electrons. The van der Waals surface area contributed by atoms with Crippen molar-refractivity contribution in [2.45, 2.75) is 12.8 Å². The van der Waals surface area contributed by atoms with E-state index in [1.54, 1.807) is 37.6 Å². The molecule has 9 nitrogen and oxygen atoms in total. The smallest absolute Gasteiger partial charge is 0.261 e. The Morgan fingerprint density at radius 1 is 0.897 bits per heavy atom. The molecular weight excluding hydrogens is 499 g/mol. The molecule has 1 aliphatic heterocycles. The quantitative estimate of drug-likeness (QED) is 0.145. The number of rotatable bonds is 8. The van der Waals surface area contributed by atoms with Gasteiger partial charge in [0, 0.05) is 18.7 Å². The third kappa shape index (κ3) is 5.83. The zero-order valence-electron chi connectivity index (χ0n) is 20.9. The van der Waals surface area contributed by atoms with Gasteiger partial charge >= 0.3 is 0 Å². The van der Waals surface area contributed by atoms with Crippen molar-refractivity contribution >= 4 is 35.0 Å². The van der Waals surface area contributed by atoms with Gasteiger partial charge in [-0.25, -0.2) is 9.97 Å². The molecule has 1 aliphatic rings. The highest BCUT2D eigenvalue weighted by Crippen LogP contribution is 2.24. The van der Waals surface area contributed by atoms with Crippen LogP contribution in [0.2, 0.25) is 0 Å². The van der Waals surface area contributed by atoms with Crippen LogP contribution in [0.1, 0.15) is 39.1 Å². The molecular formula is C29H23FN6O3. The molecule has 5 rings (SSSR count). The standard InChI is InChI=1S/C29H23FN6O3/c1-39-22-13-10-20(11-14-22)33-26-19(17-32-29(35-26)34-21-12-15-25(30)31-18-21)7-3-2-6-16-36-27(37)23-8-4-5-9-24(23)28(36)38/h4-5,8-15,17-18H,2,6,16H2,1H3,(H2,32,33,34,35).